The summed E-state index contributed by atoms with van der Waals surface area (Å²) in [5.41, 5.74) is 5.59. The lowest BCUT2D eigenvalue weighted by Crippen LogP contribution is -2.40. The second kappa shape index (κ2) is 5.21. The van der Waals surface area contributed by atoms with Crippen LogP contribution in [0.5, 0.6) is 0 Å². The highest BCUT2D eigenvalue weighted by Crippen LogP contribution is 2.24. The average Bonchev–Trinajstić information content (AvgIpc) is 2.76. The predicted octanol–water partition coefficient (Wildman–Crippen LogP) is 0.510. The maximum Gasteiger partial charge on any atom is 0.244 e. The van der Waals surface area contributed by atoms with Gasteiger partial charge >= 0.3 is 0 Å². The number of ether oxygens (including phenoxy) is 1. The molecule has 0 saturated heterocycles. The van der Waals surface area contributed by atoms with Crippen LogP contribution in [-0.4, -0.2) is 32.7 Å². The Morgan fingerprint density at radius 2 is 2.28 bits per heavy atom. The normalized spacial score (nSPS) is 24.3. The van der Waals surface area contributed by atoms with E-state index in [2.05, 4.69) is 9.71 Å². The van der Waals surface area contributed by atoms with Crippen LogP contribution in [-0.2, 0) is 14.8 Å². The van der Waals surface area contributed by atoms with Crippen molar-refractivity contribution in [2.24, 2.45) is 0 Å². The van der Waals surface area contributed by atoms with Crippen molar-refractivity contribution in [3.05, 3.63) is 18.3 Å². The van der Waals surface area contributed by atoms with Crippen molar-refractivity contribution in [1.29, 1.82) is 0 Å². The van der Waals surface area contributed by atoms with Gasteiger partial charge in [0.15, 0.2) is 0 Å². The molecule has 0 amide bonds. The van der Waals surface area contributed by atoms with Crippen molar-refractivity contribution in [2.45, 2.75) is 36.3 Å². The van der Waals surface area contributed by atoms with E-state index in [1.54, 1.807) is 13.2 Å². The minimum atomic E-state index is -3.63. The molecular formula is C11H17N3O3S. The summed E-state index contributed by atoms with van der Waals surface area (Å²) in [6, 6.07) is 2.80. The van der Waals surface area contributed by atoms with Crippen molar-refractivity contribution < 1.29 is 13.2 Å². The van der Waals surface area contributed by atoms with Crippen LogP contribution in [0.2, 0.25) is 0 Å². The summed E-state index contributed by atoms with van der Waals surface area (Å²) in [6.07, 6.45) is 3.98. The molecule has 0 spiro atoms. The van der Waals surface area contributed by atoms with Gasteiger partial charge < -0.3 is 10.5 Å². The van der Waals surface area contributed by atoms with E-state index in [4.69, 9.17) is 10.5 Å². The fourth-order valence-corrected chi connectivity index (χ4v) is 3.62. The molecular weight excluding hydrogens is 254 g/mol. The maximum absolute atomic E-state index is 12.2. The molecule has 0 bridgehead atoms. The van der Waals surface area contributed by atoms with Gasteiger partial charge in [-0.25, -0.2) is 18.1 Å². The zero-order valence-corrected chi connectivity index (χ0v) is 11.0. The van der Waals surface area contributed by atoms with Gasteiger partial charge in [0.2, 0.25) is 10.0 Å². The van der Waals surface area contributed by atoms with E-state index in [9.17, 15) is 8.42 Å². The summed E-state index contributed by atoms with van der Waals surface area (Å²) >= 11 is 0. The van der Waals surface area contributed by atoms with Crippen LogP contribution in [0.15, 0.2) is 23.2 Å². The summed E-state index contributed by atoms with van der Waals surface area (Å²) in [6.45, 7) is 0. The van der Waals surface area contributed by atoms with Gasteiger partial charge in [-0.1, -0.05) is 0 Å². The van der Waals surface area contributed by atoms with Gasteiger partial charge in [-0.3, -0.25) is 0 Å². The third-order valence-electron chi connectivity index (χ3n) is 3.15. The first-order valence-corrected chi connectivity index (χ1v) is 7.28. The molecule has 1 aromatic heterocycles. The topological polar surface area (TPSA) is 94.3 Å². The number of methoxy groups -OCH3 is 1. The van der Waals surface area contributed by atoms with Gasteiger partial charge in [-0.2, -0.15) is 0 Å². The predicted molar refractivity (Wildman–Crippen MR) is 67.4 cm³/mol. The van der Waals surface area contributed by atoms with Crippen molar-refractivity contribution in [2.75, 3.05) is 12.8 Å². The van der Waals surface area contributed by atoms with Crippen LogP contribution in [0.25, 0.3) is 0 Å². The van der Waals surface area contributed by atoms with E-state index in [-0.39, 0.29) is 22.9 Å². The van der Waals surface area contributed by atoms with Crippen LogP contribution in [0.1, 0.15) is 19.3 Å². The summed E-state index contributed by atoms with van der Waals surface area (Å²) in [7, 11) is -2.04. The standard InChI is InChI=1S/C11H17N3O3S/c1-17-9-5-2-4-8(9)14-18(15,16)10-6-3-7-13-11(10)12/h3,6-9,14H,2,4-5H2,1H3,(H2,12,13). The number of sulfonamides is 1. The zero-order chi connectivity index (χ0) is 13.2. The molecule has 0 aromatic carbocycles. The smallest absolute Gasteiger partial charge is 0.244 e. The fraction of sp³-hybridized carbons (Fsp3) is 0.545. The second-order valence-corrected chi connectivity index (χ2v) is 6.00. The number of pyridine rings is 1. The second-order valence-electron chi connectivity index (χ2n) is 4.32. The number of hydrogen-bond donors (Lipinski definition) is 2. The first-order valence-electron chi connectivity index (χ1n) is 5.80. The molecule has 0 radical (unpaired) electrons. The molecule has 1 heterocycles. The lowest BCUT2D eigenvalue weighted by molar-refractivity contribution is 0.0916. The van der Waals surface area contributed by atoms with Gasteiger partial charge in [0.05, 0.1) is 6.10 Å². The highest BCUT2D eigenvalue weighted by molar-refractivity contribution is 7.89. The number of aromatic nitrogens is 1. The van der Waals surface area contributed by atoms with Crippen molar-refractivity contribution in [3.63, 3.8) is 0 Å². The number of nitrogens with zero attached hydrogens (tertiary/aromatic N) is 1. The number of nitrogens with one attached hydrogen (secondary N) is 1. The van der Waals surface area contributed by atoms with E-state index < -0.39 is 10.0 Å². The Morgan fingerprint density at radius 1 is 1.50 bits per heavy atom. The van der Waals surface area contributed by atoms with Crippen LogP contribution < -0.4 is 10.5 Å². The number of rotatable bonds is 4. The Morgan fingerprint density at radius 3 is 2.94 bits per heavy atom. The Hall–Kier alpha value is -1.18. The molecule has 18 heavy (non-hydrogen) atoms. The number of anilines is 1. The summed E-state index contributed by atoms with van der Waals surface area (Å²) in [5, 5.41) is 0. The van der Waals surface area contributed by atoms with Crippen molar-refractivity contribution >= 4 is 15.8 Å². The molecule has 1 fully saturated rings. The Labute approximate surface area is 107 Å². The SMILES string of the molecule is COC1CCCC1NS(=O)(=O)c1cccnc1N. The largest absolute Gasteiger partial charge is 0.383 e. The summed E-state index contributed by atoms with van der Waals surface area (Å²) in [5.74, 6) is 0.0111. The fourth-order valence-electron chi connectivity index (χ4n) is 2.24. The highest BCUT2D eigenvalue weighted by Gasteiger charge is 2.32. The third-order valence-corrected chi connectivity index (χ3v) is 4.69. The molecule has 1 aromatic rings. The summed E-state index contributed by atoms with van der Waals surface area (Å²) in [4.78, 5) is 3.81. The van der Waals surface area contributed by atoms with E-state index in [1.807, 2.05) is 0 Å². The Kier molecular flexibility index (Phi) is 3.84. The number of hydrogen-bond acceptors (Lipinski definition) is 5. The lowest BCUT2D eigenvalue weighted by Gasteiger charge is -2.19. The van der Waals surface area contributed by atoms with E-state index >= 15 is 0 Å². The van der Waals surface area contributed by atoms with Crippen LogP contribution in [0.3, 0.4) is 0 Å². The van der Waals surface area contributed by atoms with Crippen molar-refractivity contribution in [3.8, 4) is 0 Å². The van der Waals surface area contributed by atoms with Gasteiger partial charge in [-0.05, 0) is 31.4 Å². The molecule has 2 rings (SSSR count). The number of nitrogen functional groups attached to an aromatic ring is 1. The maximum atomic E-state index is 12.2. The molecule has 1 aliphatic carbocycles. The van der Waals surface area contributed by atoms with Gasteiger partial charge in [0.1, 0.15) is 10.7 Å². The van der Waals surface area contributed by atoms with Crippen LogP contribution >= 0.6 is 0 Å². The first kappa shape index (κ1) is 13.3. The van der Waals surface area contributed by atoms with Gasteiger partial charge in [0, 0.05) is 19.3 Å². The Bertz CT molecular complexity index is 518. The summed E-state index contributed by atoms with van der Waals surface area (Å²) < 4.78 is 32.3. The van der Waals surface area contributed by atoms with Gasteiger partial charge in [-0.15, -0.1) is 0 Å². The molecule has 1 saturated carbocycles. The minimum Gasteiger partial charge on any atom is -0.383 e. The quantitative estimate of drug-likeness (QED) is 0.832. The van der Waals surface area contributed by atoms with Crippen molar-refractivity contribution in [1.82, 2.24) is 9.71 Å². The zero-order valence-electron chi connectivity index (χ0n) is 10.2. The van der Waals surface area contributed by atoms with E-state index in [0.29, 0.717) is 0 Å². The lowest BCUT2D eigenvalue weighted by atomic mass is 10.2. The molecule has 0 aliphatic heterocycles. The molecule has 3 N–H and O–H groups in total. The molecule has 1 aliphatic rings. The number of nitrogens with two attached hydrogens (primary N) is 1. The minimum absolute atomic E-state index is 0.0111. The van der Waals surface area contributed by atoms with Crippen LogP contribution in [0.4, 0.5) is 5.82 Å². The van der Waals surface area contributed by atoms with E-state index in [0.717, 1.165) is 19.3 Å². The average molecular weight is 271 g/mol. The van der Waals surface area contributed by atoms with E-state index in [1.165, 1.54) is 12.3 Å². The monoisotopic (exact) mass is 271 g/mol. The molecule has 7 heteroatoms. The molecule has 2 atom stereocenters. The molecule has 100 valence electrons. The molecule has 6 nitrogen and oxygen atoms in total. The Balaban J connectivity index is 2.20. The highest BCUT2D eigenvalue weighted by atomic mass is 32.2. The van der Waals surface area contributed by atoms with Crippen LogP contribution in [0, 0.1) is 0 Å². The first-order chi connectivity index (χ1) is 8.54. The third kappa shape index (κ3) is 2.63. The van der Waals surface area contributed by atoms with Gasteiger partial charge in [0.25, 0.3) is 0 Å². The molecule has 2 unspecified atom stereocenters.